The summed E-state index contributed by atoms with van der Waals surface area (Å²) >= 11 is 0. The lowest BCUT2D eigenvalue weighted by Crippen LogP contribution is -2.43. The molecule has 4 N–H and O–H groups in total. The lowest BCUT2D eigenvalue weighted by atomic mass is 9.96. The van der Waals surface area contributed by atoms with E-state index in [4.69, 9.17) is 6.42 Å². The second-order valence-corrected chi connectivity index (χ2v) is 7.42. The number of hydrogen-bond acceptors (Lipinski definition) is 6. The van der Waals surface area contributed by atoms with Crippen LogP contribution < -0.4 is 16.0 Å². The summed E-state index contributed by atoms with van der Waals surface area (Å²) in [6.45, 7) is 0.628. The van der Waals surface area contributed by atoms with Crippen LogP contribution in [0, 0.1) is 18.3 Å². The van der Waals surface area contributed by atoms with Gasteiger partial charge in [0.1, 0.15) is 29.2 Å². The second kappa shape index (κ2) is 10.7. The zero-order valence-electron chi connectivity index (χ0n) is 17.2. The highest BCUT2D eigenvalue weighted by Gasteiger charge is 2.27. The SMILES string of the molecule is C#CCC(NC(=O)c1cc2ccccc2[nH]1)C(=C=O)NC(C=C=O)C[C@@H]1CCNC1=C=O. The fourth-order valence-corrected chi connectivity index (χ4v) is 3.76. The molecule has 3 rings (SSSR count). The quantitative estimate of drug-likeness (QED) is 0.349. The first-order valence-corrected chi connectivity index (χ1v) is 10.1. The molecule has 3 atom stereocenters. The summed E-state index contributed by atoms with van der Waals surface area (Å²) in [4.78, 5) is 49.6. The number of benzene rings is 1. The lowest BCUT2D eigenvalue weighted by Gasteiger charge is -2.23. The summed E-state index contributed by atoms with van der Waals surface area (Å²) in [5, 5.41) is 9.49. The molecular weight excluding hydrogens is 408 g/mol. The summed E-state index contributed by atoms with van der Waals surface area (Å²) in [6.07, 6.45) is 7.76. The molecule has 162 valence electrons. The molecule has 2 unspecified atom stereocenters. The van der Waals surface area contributed by atoms with Crippen LogP contribution in [0.5, 0.6) is 0 Å². The van der Waals surface area contributed by atoms with Crippen LogP contribution in [0.1, 0.15) is 29.8 Å². The van der Waals surface area contributed by atoms with Gasteiger partial charge in [-0.05, 0) is 25.0 Å². The standard InChI is InChI=1S/C24H22N4O4/c1-2-5-20(28-24(32)21-13-16-6-3-4-7-19(16)27-21)23(15-31)26-18(9-11-29)12-17-8-10-25-22(17)14-30/h1,3-4,6-7,9,13,17-18,20,25-27H,5,8,10,12H2,(H,28,32)/t17-,18?,20?/m0/s1. The number of amides is 1. The molecule has 1 aliphatic rings. The summed E-state index contributed by atoms with van der Waals surface area (Å²) in [7, 11) is 0. The maximum Gasteiger partial charge on any atom is 0.268 e. The summed E-state index contributed by atoms with van der Waals surface area (Å²) in [5.74, 6) is 7.24. The van der Waals surface area contributed by atoms with E-state index in [1.54, 1.807) is 17.9 Å². The molecule has 2 heterocycles. The van der Waals surface area contributed by atoms with Crippen molar-refractivity contribution < 1.29 is 19.2 Å². The third-order valence-corrected chi connectivity index (χ3v) is 5.34. The predicted octanol–water partition coefficient (Wildman–Crippen LogP) is 1.07. The Labute approximate surface area is 184 Å². The third kappa shape index (κ3) is 5.26. The Bertz CT molecular complexity index is 1160. The highest BCUT2D eigenvalue weighted by molar-refractivity contribution is 5.98. The van der Waals surface area contributed by atoms with E-state index in [1.165, 1.54) is 6.08 Å². The number of rotatable bonds is 9. The third-order valence-electron chi connectivity index (χ3n) is 5.34. The van der Waals surface area contributed by atoms with Crippen molar-refractivity contribution in [1.29, 1.82) is 0 Å². The van der Waals surface area contributed by atoms with Gasteiger partial charge in [-0.1, -0.05) is 18.2 Å². The van der Waals surface area contributed by atoms with Crippen molar-refractivity contribution in [3.8, 4) is 12.3 Å². The zero-order valence-corrected chi connectivity index (χ0v) is 17.2. The smallest absolute Gasteiger partial charge is 0.268 e. The van der Waals surface area contributed by atoms with Crippen LogP contribution in [0.3, 0.4) is 0 Å². The largest absolute Gasteiger partial charge is 0.379 e. The second-order valence-electron chi connectivity index (χ2n) is 7.42. The predicted molar refractivity (Wildman–Crippen MR) is 119 cm³/mol. The Morgan fingerprint density at radius 3 is 2.75 bits per heavy atom. The number of carbonyl (C=O) groups is 1. The molecular formula is C24H22N4O4. The van der Waals surface area contributed by atoms with Gasteiger partial charge >= 0.3 is 0 Å². The number of allylic oxidation sites excluding steroid dienone is 1. The molecule has 0 bridgehead atoms. The van der Waals surface area contributed by atoms with Gasteiger partial charge in [0, 0.05) is 35.9 Å². The van der Waals surface area contributed by atoms with Gasteiger partial charge in [-0.3, -0.25) is 4.79 Å². The van der Waals surface area contributed by atoms with Crippen molar-refractivity contribution in [1.82, 2.24) is 20.9 Å². The Morgan fingerprint density at radius 2 is 2.06 bits per heavy atom. The van der Waals surface area contributed by atoms with E-state index < -0.39 is 18.0 Å². The minimum atomic E-state index is -0.846. The van der Waals surface area contributed by atoms with Crippen molar-refractivity contribution in [3.63, 3.8) is 0 Å². The van der Waals surface area contributed by atoms with E-state index in [2.05, 4.69) is 26.9 Å². The number of fused-ring (bicyclic) bond motifs is 1. The first-order chi connectivity index (χ1) is 15.6. The van der Waals surface area contributed by atoms with E-state index >= 15 is 0 Å². The Balaban J connectivity index is 1.75. The van der Waals surface area contributed by atoms with E-state index in [9.17, 15) is 19.2 Å². The number of nitrogens with one attached hydrogen (secondary N) is 4. The Morgan fingerprint density at radius 1 is 1.25 bits per heavy atom. The van der Waals surface area contributed by atoms with Crippen LogP contribution in [0.15, 0.2) is 47.8 Å². The fourth-order valence-electron chi connectivity index (χ4n) is 3.76. The topological polar surface area (TPSA) is 120 Å². The highest BCUT2D eigenvalue weighted by atomic mass is 16.2. The molecule has 1 fully saturated rings. The maximum absolute atomic E-state index is 12.8. The van der Waals surface area contributed by atoms with Crippen molar-refractivity contribution in [2.75, 3.05) is 6.54 Å². The average Bonchev–Trinajstić information content (AvgIpc) is 3.43. The zero-order chi connectivity index (χ0) is 22.9. The first-order valence-electron chi connectivity index (χ1n) is 10.1. The Kier molecular flexibility index (Phi) is 7.48. The molecule has 1 amide bonds. The van der Waals surface area contributed by atoms with E-state index in [0.29, 0.717) is 30.8 Å². The average molecular weight is 430 g/mol. The van der Waals surface area contributed by atoms with Gasteiger partial charge in [0.05, 0.1) is 17.8 Å². The highest BCUT2D eigenvalue weighted by Crippen LogP contribution is 2.23. The minimum absolute atomic E-state index is 0.00602. The van der Waals surface area contributed by atoms with Crippen molar-refractivity contribution in [2.45, 2.75) is 31.3 Å². The normalized spacial score (nSPS) is 16.5. The molecule has 0 aliphatic carbocycles. The Hall–Kier alpha value is -4.26. The minimum Gasteiger partial charge on any atom is -0.379 e. The van der Waals surface area contributed by atoms with Gasteiger partial charge in [-0.15, -0.1) is 12.3 Å². The van der Waals surface area contributed by atoms with E-state index in [-0.39, 0.29) is 18.0 Å². The lowest BCUT2D eigenvalue weighted by molar-refractivity contribution is 0.0938. The molecule has 32 heavy (non-hydrogen) atoms. The number of H-pyrrole nitrogens is 1. The molecule has 1 saturated heterocycles. The van der Waals surface area contributed by atoms with Crippen LogP contribution in [0.25, 0.3) is 10.9 Å². The fraction of sp³-hybridized carbons (Fsp3) is 0.292. The molecule has 8 heteroatoms. The summed E-state index contributed by atoms with van der Waals surface area (Å²) < 4.78 is 0. The number of hydrogen-bond donors (Lipinski definition) is 4. The van der Waals surface area contributed by atoms with Gasteiger partial charge in [0.15, 0.2) is 0 Å². The molecule has 1 aromatic heterocycles. The monoisotopic (exact) mass is 430 g/mol. The van der Waals surface area contributed by atoms with Gasteiger partial charge in [0.25, 0.3) is 5.91 Å². The van der Waals surface area contributed by atoms with Crippen LogP contribution in [0.2, 0.25) is 0 Å². The molecule has 0 radical (unpaired) electrons. The van der Waals surface area contributed by atoms with Crippen LogP contribution >= 0.6 is 0 Å². The molecule has 0 saturated carbocycles. The van der Waals surface area contributed by atoms with Gasteiger partial charge in [-0.2, -0.15) is 0 Å². The number of carbonyl (C=O) groups excluding carboxylic acids is 4. The maximum atomic E-state index is 12.8. The van der Waals surface area contributed by atoms with Crippen molar-refractivity contribution >= 4 is 34.6 Å². The number of para-hydroxylation sites is 1. The molecule has 1 aliphatic heterocycles. The van der Waals surface area contributed by atoms with Gasteiger partial charge in [-0.25, -0.2) is 14.4 Å². The summed E-state index contributed by atoms with van der Waals surface area (Å²) in [6, 6.07) is 7.68. The van der Waals surface area contributed by atoms with Crippen molar-refractivity contribution in [3.05, 3.63) is 53.5 Å². The van der Waals surface area contributed by atoms with E-state index in [1.807, 2.05) is 30.2 Å². The number of aromatic nitrogens is 1. The number of terminal acetylenes is 1. The van der Waals surface area contributed by atoms with Crippen LogP contribution in [0.4, 0.5) is 0 Å². The first kappa shape index (κ1) is 22.4. The molecule has 0 spiro atoms. The van der Waals surface area contributed by atoms with E-state index in [0.717, 1.165) is 10.9 Å². The van der Waals surface area contributed by atoms with Gasteiger partial charge < -0.3 is 20.9 Å². The summed E-state index contributed by atoms with van der Waals surface area (Å²) in [5.41, 5.74) is 1.56. The van der Waals surface area contributed by atoms with Gasteiger partial charge in [0.2, 0.25) is 0 Å². The van der Waals surface area contributed by atoms with Crippen molar-refractivity contribution in [2.24, 2.45) is 5.92 Å². The molecule has 2 aromatic rings. The van der Waals surface area contributed by atoms with Crippen LogP contribution in [-0.2, 0) is 14.4 Å². The molecule has 8 nitrogen and oxygen atoms in total. The number of aromatic amines is 1. The molecule has 1 aromatic carbocycles. The van der Waals surface area contributed by atoms with Crippen LogP contribution in [-0.4, -0.2) is 47.3 Å².